The Morgan fingerprint density at radius 2 is 2.00 bits per heavy atom. The van der Waals surface area contributed by atoms with Gasteiger partial charge in [0.05, 0.1) is 24.5 Å². The van der Waals surface area contributed by atoms with Gasteiger partial charge in [-0.05, 0) is 12.8 Å². The van der Waals surface area contributed by atoms with Crippen LogP contribution in [0.3, 0.4) is 0 Å². The number of rotatable bonds is 3. The first kappa shape index (κ1) is 12.6. The van der Waals surface area contributed by atoms with E-state index in [1.165, 1.54) is 6.26 Å². The summed E-state index contributed by atoms with van der Waals surface area (Å²) in [4.78, 5) is 6.17. The maximum atomic E-state index is 11.6. The molecule has 6 nitrogen and oxygen atoms in total. The lowest BCUT2D eigenvalue weighted by molar-refractivity contribution is 0.0674. The molecule has 7 heteroatoms. The van der Waals surface area contributed by atoms with E-state index in [0.717, 1.165) is 13.1 Å². The standard InChI is InChI=1S/C10H19N3O3S/c1-17(14,15)10(2-3-10)8-12-9(11)13-4-6-16-7-5-13/h2-8H2,1H3,(H2,11,12). The second kappa shape index (κ2) is 4.45. The van der Waals surface area contributed by atoms with Crippen LogP contribution in [-0.4, -0.2) is 63.1 Å². The van der Waals surface area contributed by atoms with Crippen LogP contribution in [0, 0.1) is 0 Å². The third-order valence-corrected chi connectivity index (χ3v) is 5.57. The number of guanidine groups is 1. The van der Waals surface area contributed by atoms with Crippen LogP contribution in [-0.2, 0) is 14.6 Å². The lowest BCUT2D eigenvalue weighted by atomic mass is 10.4. The van der Waals surface area contributed by atoms with E-state index in [1.54, 1.807) is 0 Å². The van der Waals surface area contributed by atoms with Gasteiger partial charge in [-0.1, -0.05) is 0 Å². The van der Waals surface area contributed by atoms with Crippen molar-refractivity contribution >= 4 is 15.8 Å². The summed E-state index contributed by atoms with van der Waals surface area (Å²) in [5.74, 6) is 0.434. The van der Waals surface area contributed by atoms with Crippen molar-refractivity contribution in [2.24, 2.45) is 10.7 Å². The van der Waals surface area contributed by atoms with Crippen molar-refractivity contribution < 1.29 is 13.2 Å². The van der Waals surface area contributed by atoms with Gasteiger partial charge in [0.15, 0.2) is 15.8 Å². The molecular formula is C10H19N3O3S. The first-order chi connectivity index (χ1) is 7.95. The smallest absolute Gasteiger partial charge is 0.191 e. The first-order valence-electron chi connectivity index (χ1n) is 5.77. The van der Waals surface area contributed by atoms with E-state index in [-0.39, 0.29) is 6.54 Å². The number of aliphatic imine (C=N–C) groups is 1. The Kier molecular flexibility index (Phi) is 3.31. The predicted molar refractivity (Wildman–Crippen MR) is 65.7 cm³/mol. The van der Waals surface area contributed by atoms with Gasteiger partial charge in [-0.25, -0.2) is 8.42 Å². The van der Waals surface area contributed by atoms with Crippen molar-refractivity contribution in [2.45, 2.75) is 17.6 Å². The maximum Gasteiger partial charge on any atom is 0.191 e. The van der Waals surface area contributed by atoms with E-state index in [0.29, 0.717) is 32.0 Å². The molecule has 17 heavy (non-hydrogen) atoms. The van der Waals surface area contributed by atoms with Crippen LogP contribution in [0.15, 0.2) is 4.99 Å². The number of hydrogen-bond donors (Lipinski definition) is 1. The van der Waals surface area contributed by atoms with E-state index in [2.05, 4.69) is 4.99 Å². The highest BCUT2D eigenvalue weighted by atomic mass is 32.2. The first-order valence-corrected chi connectivity index (χ1v) is 7.66. The minimum Gasteiger partial charge on any atom is -0.378 e. The Balaban J connectivity index is 1.96. The van der Waals surface area contributed by atoms with Gasteiger partial charge in [0.25, 0.3) is 0 Å². The van der Waals surface area contributed by atoms with E-state index in [1.807, 2.05) is 4.90 Å². The highest BCUT2D eigenvalue weighted by Crippen LogP contribution is 2.43. The molecule has 1 aliphatic heterocycles. The van der Waals surface area contributed by atoms with Crippen molar-refractivity contribution in [2.75, 3.05) is 39.1 Å². The highest BCUT2D eigenvalue weighted by molar-refractivity contribution is 7.92. The Morgan fingerprint density at radius 3 is 2.47 bits per heavy atom. The molecule has 0 spiro atoms. The molecule has 1 saturated heterocycles. The molecule has 0 radical (unpaired) electrons. The minimum absolute atomic E-state index is 0.287. The molecule has 0 aromatic carbocycles. The van der Waals surface area contributed by atoms with Gasteiger partial charge < -0.3 is 15.4 Å². The highest BCUT2D eigenvalue weighted by Gasteiger charge is 2.52. The lowest BCUT2D eigenvalue weighted by Crippen LogP contribution is -2.45. The zero-order valence-electron chi connectivity index (χ0n) is 10.1. The molecule has 2 rings (SSSR count). The third-order valence-electron chi connectivity index (χ3n) is 3.46. The number of nitrogens with zero attached hydrogens (tertiary/aromatic N) is 2. The van der Waals surface area contributed by atoms with Gasteiger partial charge in [-0.3, -0.25) is 4.99 Å². The summed E-state index contributed by atoms with van der Waals surface area (Å²) in [5.41, 5.74) is 5.85. The molecule has 98 valence electrons. The minimum atomic E-state index is -3.02. The number of morpholine rings is 1. The molecule has 1 saturated carbocycles. The molecule has 1 aliphatic carbocycles. The molecule has 0 amide bonds. The molecular weight excluding hydrogens is 242 g/mol. The van der Waals surface area contributed by atoms with Gasteiger partial charge in [-0.2, -0.15) is 0 Å². The van der Waals surface area contributed by atoms with Crippen LogP contribution >= 0.6 is 0 Å². The van der Waals surface area contributed by atoms with Crippen molar-refractivity contribution in [3.05, 3.63) is 0 Å². The fourth-order valence-corrected chi connectivity index (χ4v) is 3.05. The predicted octanol–water partition coefficient (Wildman–Crippen LogP) is -0.789. The fraction of sp³-hybridized carbons (Fsp3) is 0.900. The Morgan fingerprint density at radius 1 is 1.41 bits per heavy atom. The Labute approximate surface area is 102 Å². The van der Waals surface area contributed by atoms with E-state index in [9.17, 15) is 8.42 Å². The SMILES string of the molecule is CS(=O)(=O)C1(CN=C(N)N2CCOCC2)CC1. The molecule has 0 aromatic heterocycles. The summed E-state index contributed by atoms with van der Waals surface area (Å²) < 4.78 is 27.7. The fourth-order valence-electron chi connectivity index (χ4n) is 1.90. The van der Waals surface area contributed by atoms with Crippen LogP contribution in [0.2, 0.25) is 0 Å². The molecule has 0 aromatic rings. The average Bonchev–Trinajstić information content (AvgIpc) is 3.07. The molecule has 2 fully saturated rings. The van der Waals surface area contributed by atoms with Crippen LogP contribution in [0.4, 0.5) is 0 Å². The maximum absolute atomic E-state index is 11.6. The molecule has 2 N–H and O–H groups in total. The van der Waals surface area contributed by atoms with Crippen molar-refractivity contribution in [3.63, 3.8) is 0 Å². The molecule has 0 atom stereocenters. The summed E-state index contributed by atoms with van der Waals surface area (Å²) in [6.07, 6.45) is 2.68. The number of nitrogens with two attached hydrogens (primary N) is 1. The third kappa shape index (κ3) is 2.71. The second-order valence-electron chi connectivity index (χ2n) is 4.73. The van der Waals surface area contributed by atoms with Gasteiger partial charge in [-0.15, -0.1) is 0 Å². The van der Waals surface area contributed by atoms with Crippen molar-refractivity contribution in [1.29, 1.82) is 0 Å². The zero-order chi connectivity index (χ0) is 12.5. The van der Waals surface area contributed by atoms with Gasteiger partial charge in [0.2, 0.25) is 0 Å². The van der Waals surface area contributed by atoms with E-state index < -0.39 is 14.6 Å². The van der Waals surface area contributed by atoms with Crippen LogP contribution < -0.4 is 5.73 Å². The second-order valence-corrected chi connectivity index (χ2v) is 7.14. The summed E-state index contributed by atoms with van der Waals surface area (Å²) in [7, 11) is -3.02. The summed E-state index contributed by atoms with van der Waals surface area (Å²) in [5, 5.41) is 0. The average molecular weight is 261 g/mol. The molecule has 1 heterocycles. The Hall–Kier alpha value is -0.820. The number of sulfone groups is 1. The van der Waals surface area contributed by atoms with Gasteiger partial charge in [0, 0.05) is 19.3 Å². The number of ether oxygens (including phenoxy) is 1. The van der Waals surface area contributed by atoms with Crippen LogP contribution in [0.25, 0.3) is 0 Å². The lowest BCUT2D eigenvalue weighted by Gasteiger charge is -2.27. The summed E-state index contributed by atoms with van der Waals surface area (Å²) >= 11 is 0. The van der Waals surface area contributed by atoms with Gasteiger partial charge >= 0.3 is 0 Å². The van der Waals surface area contributed by atoms with Crippen LogP contribution in [0.1, 0.15) is 12.8 Å². The zero-order valence-corrected chi connectivity index (χ0v) is 10.9. The largest absolute Gasteiger partial charge is 0.378 e. The van der Waals surface area contributed by atoms with Crippen LogP contribution in [0.5, 0.6) is 0 Å². The topological polar surface area (TPSA) is 85.0 Å². The Bertz CT molecular complexity index is 409. The van der Waals surface area contributed by atoms with Crippen molar-refractivity contribution in [3.8, 4) is 0 Å². The quantitative estimate of drug-likeness (QED) is 0.531. The van der Waals surface area contributed by atoms with E-state index in [4.69, 9.17) is 10.5 Å². The normalized spacial score (nSPS) is 24.8. The number of hydrogen-bond acceptors (Lipinski definition) is 4. The van der Waals surface area contributed by atoms with E-state index >= 15 is 0 Å². The monoisotopic (exact) mass is 261 g/mol. The van der Waals surface area contributed by atoms with Crippen molar-refractivity contribution in [1.82, 2.24) is 4.90 Å². The summed E-state index contributed by atoms with van der Waals surface area (Å²) in [6, 6.07) is 0. The molecule has 2 aliphatic rings. The molecule has 0 unspecified atom stereocenters. The van der Waals surface area contributed by atoms with Gasteiger partial charge in [0.1, 0.15) is 0 Å². The molecule has 0 bridgehead atoms. The summed E-state index contributed by atoms with van der Waals surface area (Å²) in [6.45, 7) is 3.03.